The van der Waals surface area contributed by atoms with Crippen molar-refractivity contribution in [1.29, 1.82) is 0 Å². The van der Waals surface area contributed by atoms with Crippen molar-refractivity contribution < 1.29 is 19.4 Å². The molecule has 2 saturated heterocycles. The Morgan fingerprint density at radius 3 is 2.18 bits per heavy atom. The van der Waals surface area contributed by atoms with E-state index < -0.39 is 29.7 Å². The first-order chi connectivity index (χ1) is 10.7. The van der Waals surface area contributed by atoms with Crippen LogP contribution in [-0.4, -0.2) is 23.3 Å². The smallest absolute Gasteiger partial charge is 0.315 e. The number of aliphatic hydroxyl groups is 1. The molecular formula is C18H16O4. The predicted octanol–water partition coefficient (Wildman–Crippen LogP) is 2.40. The third-order valence-corrected chi connectivity index (χ3v) is 4.51. The van der Waals surface area contributed by atoms with Crippen molar-refractivity contribution in [3.8, 4) is 0 Å². The Hall–Kier alpha value is -2.17. The van der Waals surface area contributed by atoms with Crippen LogP contribution in [0, 0.1) is 5.92 Å². The van der Waals surface area contributed by atoms with Gasteiger partial charge in [0.15, 0.2) is 6.10 Å². The molecular weight excluding hydrogens is 280 g/mol. The lowest BCUT2D eigenvalue weighted by molar-refractivity contribution is -0.149. The molecule has 2 fully saturated rings. The molecule has 2 heterocycles. The molecule has 2 aliphatic rings. The van der Waals surface area contributed by atoms with E-state index in [1.807, 2.05) is 60.7 Å². The Balaban J connectivity index is 1.72. The zero-order valence-electron chi connectivity index (χ0n) is 11.9. The van der Waals surface area contributed by atoms with E-state index in [9.17, 15) is 9.90 Å². The van der Waals surface area contributed by atoms with E-state index in [0.29, 0.717) is 0 Å². The summed E-state index contributed by atoms with van der Waals surface area (Å²) in [5.74, 6) is -1.09. The highest BCUT2D eigenvalue weighted by Crippen LogP contribution is 2.53. The Kier molecular flexibility index (Phi) is 3.03. The Morgan fingerprint density at radius 1 is 0.955 bits per heavy atom. The van der Waals surface area contributed by atoms with Crippen molar-refractivity contribution in [1.82, 2.24) is 0 Å². The van der Waals surface area contributed by atoms with Gasteiger partial charge in [0, 0.05) is 0 Å². The first-order valence-corrected chi connectivity index (χ1v) is 7.34. The molecule has 1 N–H and O–H groups in total. The molecule has 1 unspecified atom stereocenters. The van der Waals surface area contributed by atoms with Crippen molar-refractivity contribution >= 4 is 5.97 Å². The number of carbonyl (C=O) groups excluding carboxylic acids is 1. The second-order valence-electron chi connectivity index (χ2n) is 5.84. The summed E-state index contributed by atoms with van der Waals surface area (Å²) >= 11 is 0. The summed E-state index contributed by atoms with van der Waals surface area (Å²) in [7, 11) is 0. The van der Waals surface area contributed by atoms with Crippen LogP contribution in [0.15, 0.2) is 60.7 Å². The summed E-state index contributed by atoms with van der Waals surface area (Å²) in [6.45, 7) is 0.0858. The van der Waals surface area contributed by atoms with Crippen molar-refractivity contribution in [3.05, 3.63) is 71.8 Å². The molecule has 0 amide bonds. The Bertz CT molecular complexity index is 685. The molecule has 4 rings (SSSR count). The van der Waals surface area contributed by atoms with E-state index in [2.05, 4.69) is 0 Å². The second kappa shape index (κ2) is 4.93. The molecule has 0 spiro atoms. The molecule has 0 aromatic heterocycles. The average molecular weight is 296 g/mol. The third kappa shape index (κ3) is 1.88. The van der Waals surface area contributed by atoms with Crippen LogP contribution in [0.5, 0.6) is 0 Å². The van der Waals surface area contributed by atoms with Gasteiger partial charge in [-0.05, 0) is 11.1 Å². The number of carbonyl (C=O) groups is 1. The monoisotopic (exact) mass is 296 g/mol. The van der Waals surface area contributed by atoms with Crippen molar-refractivity contribution in [2.45, 2.75) is 17.8 Å². The molecule has 0 saturated carbocycles. The first-order valence-electron chi connectivity index (χ1n) is 7.34. The van der Waals surface area contributed by atoms with E-state index in [0.717, 1.165) is 11.1 Å². The van der Waals surface area contributed by atoms with Gasteiger partial charge in [0.05, 0.1) is 12.7 Å². The molecule has 4 heteroatoms. The molecule has 112 valence electrons. The van der Waals surface area contributed by atoms with Gasteiger partial charge in [-0.2, -0.15) is 0 Å². The fourth-order valence-electron chi connectivity index (χ4n) is 3.45. The molecule has 4 atom stereocenters. The Labute approximate surface area is 128 Å². The number of benzene rings is 2. The summed E-state index contributed by atoms with van der Waals surface area (Å²) in [6.07, 6.45) is -1.15. The molecule has 2 aromatic rings. The van der Waals surface area contributed by atoms with Gasteiger partial charge in [0.1, 0.15) is 11.5 Å². The molecule has 0 radical (unpaired) electrons. The summed E-state index contributed by atoms with van der Waals surface area (Å²) < 4.78 is 11.3. The number of fused-ring (bicyclic) bond motifs is 1. The van der Waals surface area contributed by atoms with E-state index in [1.165, 1.54) is 0 Å². The molecule has 0 aliphatic carbocycles. The minimum atomic E-state index is -1.32. The maximum absolute atomic E-state index is 12.4. The zero-order valence-corrected chi connectivity index (χ0v) is 11.9. The van der Waals surface area contributed by atoms with Crippen LogP contribution in [0.2, 0.25) is 0 Å². The van der Waals surface area contributed by atoms with Crippen molar-refractivity contribution in [2.75, 3.05) is 6.61 Å². The van der Waals surface area contributed by atoms with E-state index in [1.54, 1.807) is 0 Å². The normalized spacial score (nSPS) is 33.5. The number of hydrogen-bond acceptors (Lipinski definition) is 4. The number of ether oxygens (including phenoxy) is 2. The van der Waals surface area contributed by atoms with Crippen molar-refractivity contribution in [3.63, 3.8) is 0 Å². The molecule has 22 heavy (non-hydrogen) atoms. The quantitative estimate of drug-likeness (QED) is 0.865. The highest BCUT2D eigenvalue weighted by Gasteiger charge is 2.64. The lowest BCUT2D eigenvalue weighted by atomic mass is 9.80. The zero-order chi connectivity index (χ0) is 15.2. The van der Waals surface area contributed by atoms with Crippen LogP contribution in [0.4, 0.5) is 0 Å². The van der Waals surface area contributed by atoms with Gasteiger partial charge < -0.3 is 14.6 Å². The number of rotatable bonds is 2. The van der Waals surface area contributed by atoms with Crippen LogP contribution in [0.1, 0.15) is 23.3 Å². The fourth-order valence-corrected chi connectivity index (χ4v) is 3.45. The highest BCUT2D eigenvalue weighted by molar-refractivity contribution is 5.79. The molecule has 4 nitrogen and oxygen atoms in total. The third-order valence-electron chi connectivity index (χ3n) is 4.51. The summed E-state index contributed by atoms with van der Waals surface area (Å²) in [5.41, 5.74) is 0.353. The number of hydrogen-bond donors (Lipinski definition) is 1. The molecule has 2 aromatic carbocycles. The summed E-state index contributed by atoms with van der Waals surface area (Å²) in [6, 6.07) is 18.8. The van der Waals surface area contributed by atoms with Gasteiger partial charge in [-0.25, -0.2) is 0 Å². The minimum absolute atomic E-state index is 0.0858. The van der Waals surface area contributed by atoms with Gasteiger partial charge in [-0.15, -0.1) is 0 Å². The number of esters is 1. The van der Waals surface area contributed by atoms with Crippen LogP contribution in [0.25, 0.3) is 0 Å². The van der Waals surface area contributed by atoms with E-state index in [4.69, 9.17) is 9.47 Å². The average Bonchev–Trinajstić information content (AvgIpc) is 3.04. The lowest BCUT2D eigenvalue weighted by Crippen LogP contribution is -2.39. The van der Waals surface area contributed by atoms with Crippen LogP contribution < -0.4 is 0 Å². The van der Waals surface area contributed by atoms with Crippen LogP contribution >= 0.6 is 0 Å². The van der Waals surface area contributed by atoms with Gasteiger partial charge >= 0.3 is 5.97 Å². The molecule has 0 bridgehead atoms. The largest absolute Gasteiger partial charge is 0.454 e. The second-order valence-corrected chi connectivity index (χ2v) is 5.84. The maximum Gasteiger partial charge on any atom is 0.315 e. The predicted molar refractivity (Wildman–Crippen MR) is 78.8 cm³/mol. The fraction of sp³-hybridized carbons (Fsp3) is 0.278. The van der Waals surface area contributed by atoms with Gasteiger partial charge in [-0.3, -0.25) is 4.79 Å². The summed E-state index contributed by atoms with van der Waals surface area (Å²) in [4.78, 5) is 12.4. The number of cyclic esters (lactones) is 1. The van der Waals surface area contributed by atoms with Crippen molar-refractivity contribution in [2.24, 2.45) is 5.92 Å². The van der Waals surface area contributed by atoms with Crippen LogP contribution in [-0.2, 0) is 14.3 Å². The van der Waals surface area contributed by atoms with Gasteiger partial charge in [0.2, 0.25) is 0 Å². The minimum Gasteiger partial charge on any atom is -0.454 e. The molecule has 2 aliphatic heterocycles. The Morgan fingerprint density at radius 2 is 1.55 bits per heavy atom. The van der Waals surface area contributed by atoms with Gasteiger partial charge in [0.25, 0.3) is 0 Å². The topological polar surface area (TPSA) is 55.8 Å². The van der Waals surface area contributed by atoms with E-state index >= 15 is 0 Å². The summed E-state index contributed by atoms with van der Waals surface area (Å²) in [5, 5.41) is 11.1. The van der Waals surface area contributed by atoms with Gasteiger partial charge in [-0.1, -0.05) is 60.7 Å². The van der Waals surface area contributed by atoms with E-state index in [-0.39, 0.29) is 6.61 Å². The lowest BCUT2D eigenvalue weighted by Gasteiger charge is -2.25. The highest BCUT2D eigenvalue weighted by atomic mass is 16.6. The first kappa shape index (κ1) is 13.5. The maximum atomic E-state index is 12.4. The van der Waals surface area contributed by atoms with Crippen LogP contribution in [0.3, 0.4) is 0 Å². The standard InChI is InChI=1S/C18H16O4/c19-17-14-15(12-7-3-1-4-8-12)21-11-18(14,20)16(22-17)13-9-5-2-6-10-13/h1-10,14-16,20H,11H2/t14?,15-,16-,18+/m1/s1. The SMILES string of the molecule is O=C1O[C@H](c2ccccc2)[C@]2(O)CO[C@H](c3ccccc3)C12.